The number of rotatable bonds is 5. The topological polar surface area (TPSA) is 75.6 Å². The van der Waals surface area contributed by atoms with Gasteiger partial charge in [-0.1, -0.05) is 0 Å². The van der Waals surface area contributed by atoms with E-state index in [1.54, 1.807) is 5.32 Å². The number of hydrogen-bond acceptors (Lipinski definition) is 3. The Bertz CT molecular complexity index is 484. The van der Waals surface area contributed by atoms with Crippen molar-refractivity contribution < 1.29 is 32.6 Å². The third kappa shape index (κ3) is 4.79. The minimum absolute atomic E-state index is 0.0655. The Labute approximate surface area is 112 Å². The molecule has 20 heavy (non-hydrogen) atoms. The van der Waals surface area contributed by atoms with Crippen LogP contribution in [0.5, 0.6) is 5.75 Å². The average molecular weight is 291 g/mol. The van der Waals surface area contributed by atoms with Gasteiger partial charge in [-0.15, -0.1) is 0 Å². The first-order valence-corrected chi connectivity index (χ1v) is 5.54. The molecule has 0 radical (unpaired) electrons. The molecular formula is C12H12F3NO4. The van der Waals surface area contributed by atoms with Crippen molar-refractivity contribution in [2.75, 3.05) is 6.61 Å². The Morgan fingerprint density at radius 3 is 2.30 bits per heavy atom. The molecule has 0 saturated carbocycles. The molecule has 1 atom stereocenters. The Hall–Kier alpha value is -2.25. The van der Waals surface area contributed by atoms with Gasteiger partial charge in [0, 0.05) is 0 Å². The molecule has 0 aliphatic rings. The van der Waals surface area contributed by atoms with Gasteiger partial charge in [0.2, 0.25) is 0 Å². The van der Waals surface area contributed by atoms with Crippen LogP contribution in [-0.4, -0.2) is 35.8 Å². The van der Waals surface area contributed by atoms with E-state index < -0.39 is 24.1 Å². The van der Waals surface area contributed by atoms with E-state index >= 15 is 0 Å². The first kappa shape index (κ1) is 15.8. The van der Waals surface area contributed by atoms with Gasteiger partial charge in [-0.2, -0.15) is 13.2 Å². The van der Waals surface area contributed by atoms with E-state index in [0.29, 0.717) is 5.75 Å². The molecule has 0 spiro atoms. The zero-order valence-corrected chi connectivity index (χ0v) is 10.4. The highest BCUT2D eigenvalue weighted by Crippen LogP contribution is 2.15. The molecule has 0 aliphatic carbocycles. The van der Waals surface area contributed by atoms with Crippen molar-refractivity contribution in [2.24, 2.45) is 0 Å². The minimum atomic E-state index is -4.93. The van der Waals surface area contributed by atoms with Crippen molar-refractivity contribution in [1.29, 1.82) is 0 Å². The molecule has 1 aromatic rings. The summed E-state index contributed by atoms with van der Waals surface area (Å²) in [5.74, 6) is -2.83. The van der Waals surface area contributed by atoms with Crippen molar-refractivity contribution in [3.63, 3.8) is 0 Å². The monoisotopic (exact) mass is 291 g/mol. The third-order valence-electron chi connectivity index (χ3n) is 2.24. The molecule has 0 fully saturated rings. The lowest BCUT2D eigenvalue weighted by Gasteiger charge is -2.16. The number of amides is 1. The van der Waals surface area contributed by atoms with Gasteiger partial charge in [-0.05, 0) is 31.2 Å². The van der Waals surface area contributed by atoms with E-state index in [2.05, 4.69) is 0 Å². The third-order valence-corrected chi connectivity index (χ3v) is 2.24. The number of nitrogens with one attached hydrogen (secondary N) is 1. The highest BCUT2D eigenvalue weighted by atomic mass is 19.4. The van der Waals surface area contributed by atoms with Crippen molar-refractivity contribution in [2.45, 2.75) is 19.1 Å². The lowest BCUT2D eigenvalue weighted by molar-refractivity contribution is -0.174. The molecule has 110 valence electrons. The number of carboxylic acid groups (broad SMARTS) is 1. The predicted molar refractivity (Wildman–Crippen MR) is 62.6 cm³/mol. The van der Waals surface area contributed by atoms with Crippen LogP contribution in [0, 0.1) is 0 Å². The number of benzene rings is 1. The Morgan fingerprint density at radius 2 is 1.85 bits per heavy atom. The number of aromatic carboxylic acids is 1. The molecule has 0 saturated heterocycles. The molecule has 0 aromatic heterocycles. The molecule has 1 rings (SSSR count). The smallest absolute Gasteiger partial charge is 0.471 e. The number of carboxylic acids is 1. The van der Waals surface area contributed by atoms with Gasteiger partial charge in [0.15, 0.2) is 0 Å². The number of halogens is 3. The molecule has 0 aliphatic heterocycles. The standard InChI is InChI=1S/C12H12F3NO4/c1-7(16-11(19)12(13,14)15)6-20-9-4-2-8(3-5-9)10(17)18/h2-5,7H,6H2,1H3,(H,16,19)(H,17,18)/t7-/m0/s1. The van der Waals surface area contributed by atoms with E-state index in [-0.39, 0.29) is 12.2 Å². The number of carbonyl (C=O) groups is 2. The van der Waals surface area contributed by atoms with E-state index in [9.17, 15) is 22.8 Å². The summed E-state index contributed by atoms with van der Waals surface area (Å²) in [4.78, 5) is 21.2. The van der Waals surface area contributed by atoms with Crippen molar-refractivity contribution in [3.05, 3.63) is 29.8 Å². The van der Waals surface area contributed by atoms with Crippen LogP contribution in [0.25, 0.3) is 0 Å². The van der Waals surface area contributed by atoms with Gasteiger partial charge in [0.05, 0.1) is 11.6 Å². The van der Waals surface area contributed by atoms with Crippen LogP contribution in [0.1, 0.15) is 17.3 Å². The average Bonchev–Trinajstić information content (AvgIpc) is 2.35. The maximum absolute atomic E-state index is 12.0. The molecule has 2 N–H and O–H groups in total. The van der Waals surface area contributed by atoms with Gasteiger partial charge in [0.1, 0.15) is 12.4 Å². The maximum Gasteiger partial charge on any atom is 0.471 e. The normalized spacial score (nSPS) is 12.6. The lowest BCUT2D eigenvalue weighted by Crippen LogP contribution is -2.44. The molecule has 5 nitrogen and oxygen atoms in total. The van der Waals surface area contributed by atoms with Crippen LogP contribution in [0.2, 0.25) is 0 Å². The number of ether oxygens (including phenoxy) is 1. The molecule has 0 unspecified atom stereocenters. The largest absolute Gasteiger partial charge is 0.491 e. The molecule has 1 amide bonds. The van der Waals surface area contributed by atoms with Crippen molar-refractivity contribution in [1.82, 2.24) is 5.32 Å². The summed E-state index contributed by atoms with van der Waals surface area (Å²) in [6.07, 6.45) is -4.93. The van der Waals surface area contributed by atoms with Crippen molar-refractivity contribution >= 4 is 11.9 Å². The predicted octanol–water partition coefficient (Wildman–Crippen LogP) is 1.83. The van der Waals surface area contributed by atoms with Crippen LogP contribution < -0.4 is 10.1 Å². The summed E-state index contributed by atoms with van der Waals surface area (Å²) < 4.78 is 41.1. The Kier molecular flexibility index (Phi) is 4.95. The van der Waals surface area contributed by atoms with E-state index in [0.717, 1.165) is 0 Å². The summed E-state index contributed by atoms with van der Waals surface area (Å²) in [5, 5.41) is 10.4. The molecule has 0 bridgehead atoms. The summed E-state index contributed by atoms with van der Waals surface area (Å²) in [6.45, 7) is 1.18. The fourth-order valence-corrected chi connectivity index (χ4v) is 1.26. The quantitative estimate of drug-likeness (QED) is 0.868. The summed E-state index contributed by atoms with van der Waals surface area (Å²) in [6, 6.07) is 4.51. The van der Waals surface area contributed by atoms with Crippen LogP contribution in [0.3, 0.4) is 0 Å². The lowest BCUT2D eigenvalue weighted by atomic mass is 10.2. The second kappa shape index (κ2) is 6.27. The van der Waals surface area contributed by atoms with Gasteiger partial charge in [-0.3, -0.25) is 4.79 Å². The van der Waals surface area contributed by atoms with Gasteiger partial charge in [-0.25, -0.2) is 4.79 Å². The van der Waals surface area contributed by atoms with Crippen LogP contribution >= 0.6 is 0 Å². The highest BCUT2D eigenvalue weighted by molar-refractivity contribution is 5.87. The highest BCUT2D eigenvalue weighted by Gasteiger charge is 2.39. The number of carbonyl (C=O) groups excluding carboxylic acids is 1. The van der Waals surface area contributed by atoms with Gasteiger partial charge >= 0.3 is 18.1 Å². The molecule has 1 aromatic carbocycles. The zero-order valence-electron chi connectivity index (χ0n) is 10.4. The van der Waals surface area contributed by atoms with Crippen LogP contribution in [0.4, 0.5) is 13.2 Å². The maximum atomic E-state index is 12.0. The van der Waals surface area contributed by atoms with Gasteiger partial charge < -0.3 is 15.2 Å². The molecular weight excluding hydrogens is 279 g/mol. The Balaban J connectivity index is 2.47. The summed E-state index contributed by atoms with van der Waals surface area (Å²) in [7, 11) is 0. The van der Waals surface area contributed by atoms with Crippen LogP contribution in [0.15, 0.2) is 24.3 Å². The van der Waals surface area contributed by atoms with Crippen LogP contribution in [-0.2, 0) is 4.79 Å². The fourth-order valence-electron chi connectivity index (χ4n) is 1.26. The van der Waals surface area contributed by atoms with E-state index in [1.165, 1.54) is 31.2 Å². The van der Waals surface area contributed by atoms with Gasteiger partial charge in [0.25, 0.3) is 0 Å². The summed E-state index contributed by atoms with van der Waals surface area (Å²) >= 11 is 0. The second-order valence-corrected chi connectivity index (χ2v) is 4.01. The zero-order chi connectivity index (χ0) is 15.3. The van der Waals surface area contributed by atoms with E-state index in [1.807, 2.05) is 0 Å². The first-order chi connectivity index (χ1) is 9.20. The van der Waals surface area contributed by atoms with Crippen molar-refractivity contribution in [3.8, 4) is 5.75 Å². The second-order valence-electron chi connectivity index (χ2n) is 4.01. The molecule has 8 heteroatoms. The first-order valence-electron chi connectivity index (χ1n) is 5.54. The van der Waals surface area contributed by atoms with E-state index in [4.69, 9.17) is 9.84 Å². The Morgan fingerprint density at radius 1 is 1.30 bits per heavy atom. The minimum Gasteiger partial charge on any atom is -0.491 e. The number of alkyl halides is 3. The number of hydrogen-bond donors (Lipinski definition) is 2. The SMILES string of the molecule is C[C@@H](COc1ccc(C(=O)O)cc1)NC(=O)C(F)(F)F. The fraction of sp³-hybridized carbons (Fsp3) is 0.333. The molecule has 0 heterocycles. The summed E-state index contributed by atoms with van der Waals surface area (Å²) in [5.41, 5.74) is 0.0655.